The molecule has 0 saturated heterocycles. The third-order valence-electron chi connectivity index (χ3n) is 3.31. The number of unbranched alkanes of at least 4 members (excludes halogenated alkanes) is 1. The molecule has 2 aromatic heterocycles. The molecule has 0 bridgehead atoms. The van der Waals surface area contributed by atoms with E-state index in [4.69, 9.17) is 0 Å². The fraction of sp³-hybridized carbons (Fsp3) is 0.615. The zero-order valence-corrected chi connectivity index (χ0v) is 10.6. The highest BCUT2D eigenvalue weighted by atomic mass is 15.4. The Kier molecular flexibility index (Phi) is 4.07. The third kappa shape index (κ3) is 3.02. The van der Waals surface area contributed by atoms with Crippen molar-refractivity contribution < 1.29 is 0 Å². The van der Waals surface area contributed by atoms with E-state index in [2.05, 4.69) is 29.1 Å². The third-order valence-corrected chi connectivity index (χ3v) is 3.31. The van der Waals surface area contributed by atoms with Gasteiger partial charge >= 0.3 is 0 Å². The Morgan fingerprint density at radius 2 is 2.24 bits per heavy atom. The number of aromatic nitrogens is 4. The Morgan fingerprint density at radius 3 is 3.06 bits per heavy atom. The van der Waals surface area contributed by atoms with Crippen LogP contribution in [0.5, 0.6) is 0 Å². The normalized spacial score (nSPS) is 13.1. The Morgan fingerprint density at radius 1 is 1.35 bits per heavy atom. The highest BCUT2D eigenvalue weighted by molar-refractivity contribution is 5.68. The van der Waals surface area contributed by atoms with Crippen LogP contribution in [0.3, 0.4) is 0 Å². The minimum atomic E-state index is 0.745. The van der Waals surface area contributed by atoms with Gasteiger partial charge in [-0.05, 0) is 24.5 Å². The number of hydrogen-bond donors (Lipinski definition) is 0. The SMILES string of the molecule is CCC(C)CCCCn1nnc2ncccc21. The quantitative estimate of drug-likeness (QED) is 0.719. The summed E-state index contributed by atoms with van der Waals surface area (Å²) in [6.07, 6.45) is 6.76. The van der Waals surface area contributed by atoms with Crippen LogP contribution in [0.1, 0.15) is 39.5 Å². The zero-order chi connectivity index (χ0) is 12.1. The van der Waals surface area contributed by atoms with Gasteiger partial charge in [0, 0.05) is 12.7 Å². The predicted octanol–water partition coefficient (Wildman–Crippen LogP) is 3.04. The molecule has 0 aliphatic heterocycles. The molecule has 0 amide bonds. The summed E-state index contributed by atoms with van der Waals surface area (Å²) >= 11 is 0. The molecule has 4 heteroatoms. The van der Waals surface area contributed by atoms with E-state index in [1.807, 2.05) is 16.8 Å². The van der Waals surface area contributed by atoms with E-state index in [1.54, 1.807) is 6.20 Å². The number of aryl methyl sites for hydroxylation is 1. The van der Waals surface area contributed by atoms with Crippen LogP contribution >= 0.6 is 0 Å². The van der Waals surface area contributed by atoms with Crippen molar-refractivity contribution in [1.82, 2.24) is 20.0 Å². The maximum Gasteiger partial charge on any atom is 0.201 e. The molecule has 92 valence electrons. The van der Waals surface area contributed by atoms with Gasteiger partial charge in [-0.15, -0.1) is 5.10 Å². The van der Waals surface area contributed by atoms with Crippen LogP contribution in [0.15, 0.2) is 18.3 Å². The lowest BCUT2D eigenvalue weighted by Crippen LogP contribution is -2.01. The lowest BCUT2D eigenvalue weighted by atomic mass is 10.0. The molecule has 2 aromatic rings. The van der Waals surface area contributed by atoms with Gasteiger partial charge in [0.2, 0.25) is 5.65 Å². The molecule has 0 N–H and O–H groups in total. The smallest absolute Gasteiger partial charge is 0.201 e. The van der Waals surface area contributed by atoms with Gasteiger partial charge in [-0.1, -0.05) is 38.3 Å². The van der Waals surface area contributed by atoms with E-state index in [9.17, 15) is 0 Å². The Labute approximate surface area is 102 Å². The van der Waals surface area contributed by atoms with Crippen LogP contribution in [-0.4, -0.2) is 20.0 Å². The molecule has 0 saturated carbocycles. The maximum absolute atomic E-state index is 4.18. The molecule has 2 heterocycles. The molecule has 1 atom stereocenters. The van der Waals surface area contributed by atoms with Crippen molar-refractivity contribution in [3.63, 3.8) is 0 Å². The largest absolute Gasteiger partial charge is 0.243 e. The molecular formula is C13H20N4. The van der Waals surface area contributed by atoms with E-state index in [-0.39, 0.29) is 0 Å². The van der Waals surface area contributed by atoms with Crippen LogP contribution in [0.4, 0.5) is 0 Å². The van der Waals surface area contributed by atoms with Gasteiger partial charge in [0.05, 0.1) is 0 Å². The monoisotopic (exact) mass is 232 g/mol. The number of pyridine rings is 1. The molecule has 0 spiro atoms. The van der Waals surface area contributed by atoms with Crippen LogP contribution in [-0.2, 0) is 6.54 Å². The predicted molar refractivity (Wildman–Crippen MR) is 68.6 cm³/mol. The fourth-order valence-corrected chi connectivity index (χ4v) is 1.94. The molecule has 0 radical (unpaired) electrons. The summed E-state index contributed by atoms with van der Waals surface area (Å²) in [4.78, 5) is 4.18. The molecule has 1 unspecified atom stereocenters. The second-order valence-electron chi connectivity index (χ2n) is 4.67. The molecule has 17 heavy (non-hydrogen) atoms. The highest BCUT2D eigenvalue weighted by Gasteiger charge is 2.04. The Bertz CT molecular complexity index is 463. The van der Waals surface area contributed by atoms with Crippen LogP contribution in [0.25, 0.3) is 11.2 Å². The van der Waals surface area contributed by atoms with Crippen molar-refractivity contribution in [2.45, 2.75) is 46.1 Å². The van der Waals surface area contributed by atoms with Gasteiger partial charge in [0.1, 0.15) is 5.52 Å². The van der Waals surface area contributed by atoms with Gasteiger partial charge in [-0.3, -0.25) is 0 Å². The van der Waals surface area contributed by atoms with Gasteiger partial charge < -0.3 is 0 Å². The van der Waals surface area contributed by atoms with Crippen molar-refractivity contribution in [1.29, 1.82) is 0 Å². The molecule has 0 fully saturated rings. The van der Waals surface area contributed by atoms with Gasteiger partial charge in [-0.2, -0.15) is 0 Å². The maximum atomic E-state index is 4.18. The summed E-state index contributed by atoms with van der Waals surface area (Å²) in [5.41, 5.74) is 1.78. The number of nitrogens with zero attached hydrogens (tertiary/aromatic N) is 4. The number of fused-ring (bicyclic) bond motifs is 1. The molecule has 0 aliphatic rings. The summed E-state index contributed by atoms with van der Waals surface area (Å²) in [6.45, 7) is 5.51. The summed E-state index contributed by atoms with van der Waals surface area (Å²) in [5.74, 6) is 0.837. The van der Waals surface area contributed by atoms with Crippen molar-refractivity contribution in [3.05, 3.63) is 18.3 Å². The Balaban J connectivity index is 1.87. The van der Waals surface area contributed by atoms with Gasteiger partial charge in [0.15, 0.2) is 0 Å². The van der Waals surface area contributed by atoms with E-state index in [0.717, 1.165) is 30.0 Å². The standard InChI is InChI=1S/C13H20N4/c1-3-11(2)7-4-5-10-17-12-8-6-9-14-13(12)15-16-17/h6,8-9,11H,3-5,7,10H2,1-2H3. The minimum absolute atomic E-state index is 0.745. The average Bonchev–Trinajstić information content (AvgIpc) is 2.78. The average molecular weight is 232 g/mol. The van der Waals surface area contributed by atoms with E-state index in [1.165, 1.54) is 19.3 Å². The molecule has 2 rings (SSSR count). The summed E-state index contributed by atoms with van der Waals surface area (Å²) < 4.78 is 1.96. The lowest BCUT2D eigenvalue weighted by Gasteiger charge is -2.07. The number of hydrogen-bond acceptors (Lipinski definition) is 3. The lowest BCUT2D eigenvalue weighted by molar-refractivity contribution is 0.459. The minimum Gasteiger partial charge on any atom is -0.243 e. The highest BCUT2D eigenvalue weighted by Crippen LogP contribution is 2.13. The molecular weight excluding hydrogens is 212 g/mol. The molecule has 0 aromatic carbocycles. The summed E-state index contributed by atoms with van der Waals surface area (Å²) in [7, 11) is 0. The van der Waals surface area contributed by atoms with Crippen molar-refractivity contribution >= 4 is 11.2 Å². The van der Waals surface area contributed by atoms with Crippen LogP contribution < -0.4 is 0 Å². The first-order valence-electron chi connectivity index (χ1n) is 6.45. The summed E-state index contributed by atoms with van der Waals surface area (Å²) in [5, 5.41) is 8.19. The second kappa shape index (κ2) is 5.75. The first-order chi connectivity index (χ1) is 8.31. The van der Waals surface area contributed by atoms with Crippen molar-refractivity contribution in [2.24, 2.45) is 5.92 Å². The topological polar surface area (TPSA) is 43.6 Å². The molecule has 0 aliphatic carbocycles. The van der Waals surface area contributed by atoms with Crippen LogP contribution in [0, 0.1) is 5.92 Å². The fourth-order valence-electron chi connectivity index (χ4n) is 1.94. The van der Waals surface area contributed by atoms with Crippen molar-refractivity contribution in [3.8, 4) is 0 Å². The number of rotatable bonds is 6. The second-order valence-corrected chi connectivity index (χ2v) is 4.67. The van der Waals surface area contributed by atoms with Crippen molar-refractivity contribution in [2.75, 3.05) is 0 Å². The first-order valence-corrected chi connectivity index (χ1v) is 6.45. The van der Waals surface area contributed by atoms with E-state index < -0.39 is 0 Å². The first kappa shape index (κ1) is 12.0. The zero-order valence-electron chi connectivity index (χ0n) is 10.6. The molecule has 4 nitrogen and oxygen atoms in total. The van der Waals surface area contributed by atoms with E-state index in [0.29, 0.717) is 0 Å². The van der Waals surface area contributed by atoms with Crippen LogP contribution in [0.2, 0.25) is 0 Å². The van der Waals surface area contributed by atoms with Gasteiger partial charge in [-0.25, -0.2) is 9.67 Å². The Hall–Kier alpha value is -1.45. The van der Waals surface area contributed by atoms with E-state index >= 15 is 0 Å². The van der Waals surface area contributed by atoms with Gasteiger partial charge in [0.25, 0.3) is 0 Å². The summed E-state index contributed by atoms with van der Waals surface area (Å²) in [6, 6.07) is 3.96.